The van der Waals surface area contributed by atoms with Crippen molar-refractivity contribution in [1.29, 1.82) is 10.5 Å². The number of ether oxygens (including phenoxy) is 4. The minimum atomic E-state index is -1.32. The van der Waals surface area contributed by atoms with Gasteiger partial charge in [0.05, 0.1) is 11.1 Å². The zero-order chi connectivity index (χ0) is 35.5. The van der Waals surface area contributed by atoms with Gasteiger partial charge in [0.1, 0.15) is 55.8 Å². The second kappa shape index (κ2) is 16.5. The Morgan fingerprint density at radius 3 is 2.52 bits per heavy atom. The van der Waals surface area contributed by atoms with Crippen LogP contribution < -0.4 is 34.9 Å². The lowest BCUT2D eigenvalue weighted by molar-refractivity contribution is -0.132. The Kier molecular flexibility index (Phi) is 11.5. The summed E-state index contributed by atoms with van der Waals surface area (Å²) in [5, 5.41) is 36.3. The molecule has 1 aliphatic heterocycles. The number of benzene rings is 3. The third-order valence-corrected chi connectivity index (χ3v) is 7.60. The Balaban J connectivity index is 1.31. The topological polar surface area (TPSA) is 188 Å². The second-order valence-electron chi connectivity index (χ2n) is 11.1. The average molecular weight is 675 g/mol. The fourth-order valence-corrected chi connectivity index (χ4v) is 5.13. The molecule has 5 rings (SSSR count). The lowest BCUT2D eigenvalue weighted by Crippen LogP contribution is -2.39. The number of carboxylic acids is 1. The Labute approximate surface area is 288 Å². The molecule has 254 valence electrons. The van der Waals surface area contributed by atoms with Gasteiger partial charge in [0, 0.05) is 54.8 Å². The van der Waals surface area contributed by atoms with Crippen molar-refractivity contribution in [2.45, 2.75) is 26.7 Å². The van der Waals surface area contributed by atoms with Crippen molar-refractivity contribution < 1.29 is 33.6 Å². The lowest BCUT2D eigenvalue weighted by atomic mass is 9.96. The molecule has 0 unspecified atom stereocenters. The highest BCUT2D eigenvalue weighted by atomic mass is 16.6. The molecule has 0 bridgehead atoms. The normalized spacial score (nSPS) is 11.4. The molecule has 3 aromatic carbocycles. The van der Waals surface area contributed by atoms with E-state index in [1.807, 2.05) is 49.4 Å². The van der Waals surface area contributed by atoms with Crippen molar-refractivity contribution in [1.82, 2.24) is 20.9 Å². The zero-order valence-electron chi connectivity index (χ0n) is 27.2. The van der Waals surface area contributed by atoms with Crippen molar-refractivity contribution in [3.05, 3.63) is 113 Å². The predicted molar refractivity (Wildman–Crippen MR) is 181 cm³/mol. The number of nitrogens with one attached hydrogen (secondary N) is 3. The summed E-state index contributed by atoms with van der Waals surface area (Å²) in [6.07, 6.45) is 3.10. The van der Waals surface area contributed by atoms with Crippen LogP contribution in [0.3, 0.4) is 0 Å². The number of hydrogen-bond donors (Lipinski definition) is 4. The van der Waals surface area contributed by atoms with Gasteiger partial charge in [-0.2, -0.15) is 10.5 Å². The van der Waals surface area contributed by atoms with Gasteiger partial charge in [0.2, 0.25) is 0 Å². The van der Waals surface area contributed by atoms with Crippen molar-refractivity contribution in [2.75, 3.05) is 26.3 Å². The summed E-state index contributed by atoms with van der Waals surface area (Å²) < 4.78 is 23.9. The Morgan fingerprint density at radius 1 is 0.940 bits per heavy atom. The summed E-state index contributed by atoms with van der Waals surface area (Å²) in [6, 6.07) is 20.4. The number of pyridine rings is 1. The number of aryl methyl sites for hydroxylation is 1. The van der Waals surface area contributed by atoms with E-state index >= 15 is 0 Å². The molecular formula is C37H34N6O7. The number of aromatic nitrogens is 1. The van der Waals surface area contributed by atoms with Gasteiger partial charge in [-0.15, -0.1) is 0 Å². The molecule has 13 heteroatoms. The number of nitriles is 2. The van der Waals surface area contributed by atoms with E-state index in [2.05, 4.69) is 39.7 Å². The van der Waals surface area contributed by atoms with Crippen LogP contribution >= 0.6 is 0 Å². The molecule has 13 nitrogen and oxygen atoms in total. The Hall–Kier alpha value is -6.57. The van der Waals surface area contributed by atoms with E-state index in [4.69, 9.17) is 24.1 Å². The van der Waals surface area contributed by atoms with Gasteiger partial charge in [-0.3, -0.25) is 4.98 Å². The van der Waals surface area contributed by atoms with Gasteiger partial charge >= 0.3 is 12.0 Å². The average Bonchev–Trinajstić information content (AvgIpc) is 3.13. The summed E-state index contributed by atoms with van der Waals surface area (Å²) in [6.45, 7) is 7.34. The van der Waals surface area contributed by atoms with E-state index in [9.17, 15) is 20.1 Å². The molecule has 1 aliphatic rings. The van der Waals surface area contributed by atoms with E-state index in [1.165, 1.54) is 6.20 Å². The molecule has 4 aromatic rings. The molecule has 50 heavy (non-hydrogen) atoms. The Morgan fingerprint density at radius 2 is 1.74 bits per heavy atom. The minimum absolute atomic E-state index is 0.120. The maximum absolute atomic E-state index is 11.9. The summed E-state index contributed by atoms with van der Waals surface area (Å²) >= 11 is 0. The van der Waals surface area contributed by atoms with Crippen LogP contribution in [0.1, 0.15) is 33.4 Å². The fraction of sp³-hybridized carbons (Fsp3) is 0.216. The smallest absolute Gasteiger partial charge is 0.351 e. The van der Waals surface area contributed by atoms with E-state index in [0.717, 1.165) is 22.3 Å². The molecule has 0 radical (unpaired) electrons. The summed E-state index contributed by atoms with van der Waals surface area (Å²) in [4.78, 5) is 26.8. The van der Waals surface area contributed by atoms with Gasteiger partial charge in [-0.25, -0.2) is 9.59 Å². The van der Waals surface area contributed by atoms with Gasteiger partial charge in [0.15, 0.2) is 11.5 Å². The SMILES string of the molecule is C=C(NC(=O)NCCNCc1cc(C)c(OCc2cccc(-c3ccc4c(c3)OCCO4)c2C#N)cc1OCc1cncc(C#N)c1)C(=O)O. The molecule has 0 fully saturated rings. The van der Waals surface area contributed by atoms with Crippen LogP contribution in [0, 0.1) is 29.6 Å². The largest absolute Gasteiger partial charge is 0.488 e. The number of carbonyl (C=O) groups is 2. The van der Waals surface area contributed by atoms with Crippen LogP contribution in [0.4, 0.5) is 4.79 Å². The molecule has 2 heterocycles. The molecule has 0 saturated heterocycles. The molecule has 0 spiro atoms. The zero-order valence-corrected chi connectivity index (χ0v) is 27.2. The van der Waals surface area contributed by atoms with Crippen molar-refractivity contribution >= 4 is 12.0 Å². The number of urea groups is 1. The van der Waals surface area contributed by atoms with E-state index in [-0.39, 0.29) is 19.8 Å². The van der Waals surface area contributed by atoms with Gasteiger partial charge in [-0.1, -0.05) is 30.8 Å². The summed E-state index contributed by atoms with van der Waals surface area (Å²) in [5.74, 6) is 1.06. The maximum atomic E-state index is 11.9. The molecule has 0 saturated carbocycles. The highest BCUT2D eigenvalue weighted by molar-refractivity contribution is 5.91. The van der Waals surface area contributed by atoms with E-state index in [1.54, 1.807) is 18.3 Å². The van der Waals surface area contributed by atoms with E-state index < -0.39 is 17.7 Å². The number of carboxylic acid groups (broad SMARTS) is 1. The van der Waals surface area contributed by atoms with E-state index in [0.29, 0.717) is 71.6 Å². The van der Waals surface area contributed by atoms with Gasteiger partial charge < -0.3 is 40.0 Å². The second-order valence-corrected chi connectivity index (χ2v) is 11.1. The number of amides is 2. The number of nitrogens with zero attached hydrogens (tertiary/aromatic N) is 3. The molecular weight excluding hydrogens is 640 g/mol. The minimum Gasteiger partial charge on any atom is -0.488 e. The van der Waals surface area contributed by atoms with Crippen LogP contribution in [-0.2, 0) is 24.6 Å². The van der Waals surface area contributed by atoms with Crippen molar-refractivity contribution in [3.8, 4) is 46.3 Å². The summed E-state index contributed by atoms with van der Waals surface area (Å²) in [5.41, 5.74) is 5.09. The molecule has 1 aromatic heterocycles. The quantitative estimate of drug-likeness (QED) is 0.107. The van der Waals surface area contributed by atoms with Gasteiger partial charge in [0.25, 0.3) is 0 Å². The monoisotopic (exact) mass is 674 g/mol. The highest BCUT2D eigenvalue weighted by Crippen LogP contribution is 2.37. The summed E-state index contributed by atoms with van der Waals surface area (Å²) in [7, 11) is 0. The van der Waals surface area contributed by atoms with Crippen LogP contribution in [0.5, 0.6) is 23.0 Å². The standard InChI is InChI=1S/C37H34N6O7/c1-23-12-29(20-40-8-9-42-37(46)43-24(2)36(44)45)34(49-21-26-13-25(16-38)18-41-19-26)15-33(23)50-22-28-4-3-5-30(31(28)17-39)27-6-7-32-35(14-27)48-11-10-47-32/h3-7,12-15,18-19,40H,2,8-11,20-22H2,1H3,(H,44,45)(H2,42,43,46). The van der Waals surface area contributed by atoms with Crippen LogP contribution in [0.2, 0.25) is 0 Å². The molecule has 4 N–H and O–H groups in total. The number of aliphatic carboxylic acids is 1. The lowest BCUT2D eigenvalue weighted by Gasteiger charge is -2.19. The number of hydrogen-bond acceptors (Lipinski definition) is 10. The number of carbonyl (C=O) groups excluding carboxylic acids is 1. The predicted octanol–water partition coefficient (Wildman–Crippen LogP) is 4.72. The van der Waals surface area contributed by atoms with Crippen LogP contribution in [0.25, 0.3) is 11.1 Å². The first-order chi connectivity index (χ1) is 24.2. The third-order valence-electron chi connectivity index (χ3n) is 7.60. The Bertz CT molecular complexity index is 2000. The molecule has 2 amide bonds. The first-order valence-electron chi connectivity index (χ1n) is 15.6. The fourth-order valence-electron chi connectivity index (χ4n) is 5.13. The maximum Gasteiger partial charge on any atom is 0.351 e. The first-order valence-corrected chi connectivity index (χ1v) is 15.6. The number of rotatable bonds is 14. The van der Waals surface area contributed by atoms with Gasteiger partial charge in [-0.05, 0) is 47.9 Å². The first kappa shape index (κ1) is 34.8. The number of fused-ring (bicyclic) bond motifs is 1. The van der Waals surface area contributed by atoms with Crippen LogP contribution in [0.15, 0.2) is 79.3 Å². The van der Waals surface area contributed by atoms with Crippen molar-refractivity contribution in [3.63, 3.8) is 0 Å². The van der Waals surface area contributed by atoms with Crippen LogP contribution in [-0.4, -0.2) is 48.4 Å². The van der Waals surface area contributed by atoms with Crippen molar-refractivity contribution in [2.24, 2.45) is 0 Å². The molecule has 0 atom stereocenters. The highest BCUT2D eigenvalue weighted by Gasteiger charge is 2.17. The third kappa shape index (κ3) is 8.86. The molecule has 0 aliphatic carbocycles.